The number of thiophene rings is 1. The van der Waals surface area contributed by atoms with E-state index in [9.17, 15) is 0 Å². The highest BCUT2D eigenvalue weighted by Crippen LogP contribution is 2.25. The highest BCUT2D eigenvalue weighted by molar-refractivity contribution is 7.12. The van der Waals surface area contributed by atoms with Gasteiger partial charge >= 0.3 is 0 Å². The topological polar surface area (TPSA) is 30.5 Å². The Bertz CT molecular complexity index is 587. The van der Waals surface area contributed by atoms with E-state index >= 15 is 0 Å². The third kappa shape index (κ3) is 3.76. The Balaban J connectivity index is 1.54. The van der Waals surface area contributed by atoms with Gasteiger partial charge in [-0.15, -0.1) is 11.3 Å². The minimum atomic E-state index is -0.181. The van der Waals surface area contributed by atoms with E-state index in [1.807, 2.05) is 11.3 Å². The zero-order chi connectivity index (χ0) is 15.4. The third-order valence-electron chi connectivity index (χ3n) is 3.94. The molecule has 0 amide bonds. The zero-order valence-electron chi connectivity index (χ0n) is 13.2. The molecular formula is C18H23NO2S. The van der Waals surface area contributed by atoms with Crippen molar-refractivity contribution in [2.45, 2.75) is 39.1 Å². The standard InChI is InChI=1S/C18H23NO2S/c1-3-16-8-9-17(22-16)13(2)19-12-14-4-6-15(7-5-14)18-20-10-11-21-18/h4-9,13,18-19H,3,10-12H2,1-2H3/t13-/m1/s1. The van der Waals surface area contributed by atoms with Crippen molar-refractivity contribution in [3.05, 3.63) is 57.3 Å². The van der Waals surface area contributed by atoms with Crippen LogP contribution < -0.4 is 5.32 Å². The number of ether oxygens (including phenoxy) is 2. The molecule has 0 spiro atoms. The second-order valence-electron chi connectivity index (χ2n) is 5.58. The van der Waals surface area contributed by atoms with Gasteiger partial charge in [-0.2, -0.15) is 0 Å². The molecule has 2 aromatic rings. The third-order valence-corrected chi connectivity index (χ3v) is 5.36. The lowest BCUT2D eigenvalue weighted by molar-refractivity contribution is -0.0441. The summed E-state index contributed by atoms with van der Waals surface area (Å²) in [5.41, 5.74) is 2.38. The minimum absolute atomic E-state index is 0.181. The molecule has 0 unspecified atom stereocenters. The van der Waals surface area contributed by atoms with Crippen molar-refractivity contribution in [3.8, 4) is 0 Å². The number of hydrogen-bond acceptors (Lipinski definition) is 4. The molecule has 1 saturated heterocycles. The fourth-order valence-corrected chi connectivity index (χ4v) is 3.51. The zero-order valence-corrected chi connectivity index (χ0v) is 14.0. The summed E-state index contributed by atoms with van der Waals surface area (Å²) in [7, 11) is 0. The molecule has 0 radical (unpaired) electrons. The second-order valence-corrected chi connectivity index (χ2v) is 6.78. The first-order chi connectivity index (χ1) is 10.8. The Morgan fingerprint density at radius 2 is 1.86 bits per heavy atom. The van der Waals surface area contributed by atoms with Gasteiger partial charge in [0.2, 0.25) is 0 Å². The van der Waals surface area contributed by atoms with E-state index in [2.05, 4.69) is 55.6 Å². The second kappa shape index (κ2) is 7.38. The molecule has 118 valence electrons. The van der Waals surface area contributed by atoms with Gasteiger partial charge in [0.25, 0.3) is 0 Å². The molecule has 22 heavy (non-hydrogen) atoms. The van der Waals surface area contributed by atoms with Crippen molar-refractivity contribution in [1.82, 2.24) is 5.32 Å². The van der Waals surface area contributed by atoms with Crippen LogP contribution in [0.4, 0.5) is 0 Å². The largest absolute Gasteiger partial charge is 0.346 e. The molecule has 3 rings (SSSR count). The van der Waals surface area contributed by atoms with Gasteiger partial charge in [0.15, 0.2) is 6.29 Å². The Kier molecular flexibility index (Phi) is 5.26. The van der Waals surface area contributed by atoms with Gasteiger partial charge in [0.05, 0.1) is 13.2 Å². The molecule has 1 aliphatic rings. The van der Waals surface area contributed by atoms with E-state index in [4.69, 9.17) is 9.47 Å². The molecule has 0 bridgehead atoms. The molecule has 0 aliphatic carbocycles. The monoisotopic (exact) mass is 317 g/mol. The Morgan fingerprint density at radius 3 is 2.50 bits per heavy atom. The van der Waals surface area contributed by atoms with Crippen LogP contribution in [-0.4, -0.2) is 13.2 Å². The van der Waals surface area contributed by atoms with Crippen molar-refractivity contribution in [2.75, 3.05) is 13.2 Å². The van der Waals surface area contributed by atoms with Crippen LogP contribution in [0.2, 0.25) is 0 Å². The normalized spacial score (nSPS) is 17.0. The summed E-state index contributed by atoms with van der Waals surface area (Å²) in [6.07, 6.45) is 0.934. The van der Waals surface area contributed by atoms with Crippen LogP contribution in [0.1, 0.15) is 47.1 Å². The molecular weight excluding hydrogens is 294 g/mol. The summed E-state index contributed by atoms with van der Waals surface area (Å²) in [5, 5.41) is 3.59. The van der Waals surface area contributed by atoms with E-state index in [1.54, 1.807) is 0 Å². The number of nitrogens with one attached hydrogen (secondary N) is 1. The highest BCUT2D eigenvalue weighted by atomic mass is 32.1. The smallest absolute Gasteiger partial charge is 0.184 e. The maximum atomic E-state index is 5.51. The molecule has 1 fully saturated rings. The predicted octanol–water partition coefficient (Wildman–Crippen LogP) is 4.21. The van der Waals surface area contributed by atoms with Gasteiger partial charge in [0, 0.05) is 27.9 Å². The lowest BCUT2D eigenvalue weighted by atomic mass is 10.1. The average molecular weight is 317 g/mol. The highest BCUT2D eigenvalue weighted by Gasteiger charge is 2.17. The van der Waals surface area contributed by atoms with E-state index < -0.39 is 0 Å². The van der Waals surface area contributed by atoms with Crippen LogP contribution in [0, 0.1) is 0 Å². The summed E-state index contributed by atoms with van der Waals surface area (Å²) in [5.74, 6) is 0. The van der Waals surface area contributed by atoms with Gasteiger partial charge in [-0.05, 0) is 31.0 Å². The first-order valence-corrected chi connectivity index (χ1v) is 8.72. The van der Waals surface area contributed by atoms with E-state index in [-0.39, 0.29) is 6.29 Å². The Labute approximate surface area is 136 Å². The lowest BCUT2D eigenvalue weighted by Gasteiger charge is -2.13. The lowest BCUT2D eigenvalue weighted by Crippen LogP contribution is -2.17. The van der Waals surface area contributed by atoms with Crippen molar-refractivity contribution >= 4 is 11.3 Å². The first kappa shape index (κ1) is 15.7. The molecule has 4 heteroatoms. The average Bonchev–Trinajstić information content (AvgIpc) is 3.24. The fraction of sp³-hybridized carbons (Fsp3) is 0.444. The van der Waals surface area contributed by atoms with Gasteiger partial charge in [-0.3, -0.25) is 0 Å². The van der Waals surface area contributed by atoms with Gasteiger partial charge < -0.3 is 14.8 Å². The summed E-state index contributed by atoms with van der Waals surface area (Å²) in [4.78, 5) is 2.85. The number of hydrogen-bond donors (Lipinski definition) is 1. The van der Waals surface area contributed by atoms with E-state index in [0.717, 1.165) is 18.5 Å². The molecule has 1 aromatic carbocycles. The summed E-state index contributed by atoms with van der Waals surface area (Å²) in [6, 6.07) is 13.3. The number of benzene rings is 1. The van der Waals surface area contributed by atoms with Crippen LogP contribution in [0.3, 0.4) is 0 Å². The predicted molar refractivity (Wildman–Crippen MR) is 90.0 cm³/mol. The molecule has 1 aliphatic heterocycles. The molecule has 2 heterocycles. The first-order valence-electron chi connectivity index (χ1n) is 7.90. The summed E-state index contributed by atoms with van der Waals surface area (Å²) < 4.78 is 11.0. The van der Waals surface area contributed by atoms with Crippen molar-refractivity contribution in [3.63, 3.8) is 0 Å². The quantitative estimate of drug-likeness (QED) is 0.866. The van der Waals surface area contributed by atoms with Crippen molar-refractivity contribution in [1.29, 1.82) is 0 Å². The number of rotatable bonds is 6. The SMILES string of the molecule is CCc1ccc([C@@H](C)NCc2ccc(C3OCCO3)cc2)s1. The van der Waals surface area contributed by atoms with Crippen LogP contribution >= 0.6 is 11.3 Å². The van der Waals surface area contributed by atoms with Crippen molar-refractivity contribution < 1.29 is 9.47 Å². The van der Waals surface area contributed by atoms with Crippen molar-refractivity contribution in [2.24, 2.45) is 0 Å². The summed E-state index contributed by atoms with van der Waals surface area (Å²) >= 11 is 1.90. The van der Waals surface area contributed by atoms with E-state index in [1.165, 1.54) is 15.3 Å². The van der Waals surface area contributed by atoms with Crippen LogP contribution in [0.5, 0.6) is 0 Å². The van der Waals surface area contributed by atoms with Gasteiger partial charge in [-0.1, -0.05) is 31.2 Å². The van der Waals surface area contributed by atoms with Gasteiger partial charge in [0.1, 0.15) is 0 Å². The molecule has 3 nitrogen and oxygen atoms in total. The summed E-state index contributed by atoms with van der Waals surface area (Å²) in [6.45, 7) is 6.66. The van der Waals surface area contributed by atoms with Gasteiger partial charge in [-0.25, -0.2) is 0 Å². The molecule has 1 aromatic heterocycles. The number of aryl methyl sites for hydroxylation is 1. The van der Waals surface area contributed by atoms with Crippen LogP contribution in [0.25, 0.3) is 0 Å². The fourth-order valence-electron chi connectivity index (χ4n) is 2.53. The maximum Gasteiger partial charge on any atom is 0.184 e. The molecule has 1 N–H and O–H groups in total. The molecule has 1 atom stereocenters. The van der Waals surface area contributed by atoms with Crippen LogP contribution in [0.15, 0.2) is 36.4 Å². The Morgan fingerprint density at radius 1 is 1.14 bits per heavy atom. The minimum Gasteiger partial charge on any atom is -0.346 e. The van der Waals surface area contributed by atoms with Crippen LogP contribution in [-0.2, 0) is 22.4 Å². The Hall–Kier alpha value is -1.20. The maximum absolute atomic E-state index is 5.51. The van der Waals surface area contributed by atoms with E-state index in [0.29, 0.717) is 19.3 Å². The molecule has 0 saturated carbocycles.